The first-order valence-corrected chi connectivity index (χ1v) is 6.88. The zero-order chi connectivity index (χ0) is 14.3. The third-order valence-corrected chi connectivity index (χ3v) is 3.44. The van der Waals surface area contributed by atoms with Crippen LogP contribution in [0.25, 0.3) is 0 Å². The summed E-state index contributed by atoms with van der Waals surface area (Å²) in [6.07, 6.45) is 0. The number of carbonyl (C=O) groups is 2. The van der Waals surface area contributed by atoms with Crippen LogP contribution in [0.15, 0.2) is 24.3 Å². The number of hydrogen-bond donors (Lipinski definition) is 1. The lowest BCUT2D eigenvalue weighted by Crippen LogP contribution is -2.28. The van der Waals surface area contributed by atoms with E-state index >= 15 is 0 Å². The van der Waals surface area contributed by atoms with Crippen LogP contribution < -0.4 is 4.90 Å². The number of amides is 1. The molecule has 0 heterocycles. The molecule has 0 saturated heterocycles. The number of nitrogens with zero attached hydrogens (tertiary/aromatic N) is 1. The number of hydrogen-bond acceptors (Lipinski definition) is 4. The zero-order valence-corrected chi connectivity index (χ0v) is 11.8. The number of carboxylic acid groups (broad SMARTS) is 1. The number of rotatable bonds is 7. The van der Waals surface area contributed by atoms with Crippen molar-refractivity contribution in [3.05, 3.63) is 29.8 Å². The van der Waals surface area contributed by atoms with Crippen LogP contribution in [0.1, 0.15) is 10.4 Å². The SMILES string of the molecule is COCCSCC(=O)N(C)c1ccc(C(=O)O)cc1. The van der Waals surface area contributed by atoms with Gasteiger partial charge in [-0.2, -0.15) is 0 Å². The average molecular weight is 283 g/mol. The van der Waals surface area contributed by atoms with Crippen molar-refractivity contribution in [1.29, 1.82) is 0 Å². The summed E-state index contributed by atoms with van der Waals surface area (Å²) < 4.78 is 4.90. The van der Waals surface area contributed by atoms with Gasteiger partial charge in [-0.05, 0) is 24.3 Å². The van der Waals surface area contributed by atoms with Crippen molar-refractivity contribution in [3.63, 3.8) is 0 Å². The summed E-state index contributed by atoms with van der Waals surface area (Å²) in [7, 11) is 3.30. The highest BCUT2D eigenvalue weighted by Gasteiger charge is 2.11. The fraction of sp³-hybridized carbons (Fsp3) is 0.385. The van der Waals surface area contributed by atoms with E-state index < -0.39 is 5.97 Å². The minimum atomic E-state index is -0.976. The maximum Gasteiger partial charge on any atom is 0.335 e. The van der Waals surface area contributed by atoms with Crippen molar-refractivity contribution in [2.45, 2.75) is 0 Å². The van der Waals surface area contributed by atoms with Crippen molar-refractivity contribution in [2.24, 2.45) is 0 Å². The molecule has 0 fully saturated rings. The van der Waals surface area contributed by atoms with E-state index in [-0.39, 0.29) is 11.5 Å². The molecular formula is C13H17NO4S. The van der Waals surface area contributed by atoms with Crippen molar-refractivity contribution in [3.8, 4) is 0 Å². The Kier molecular flexibility index (Phi) is 6.38. The van der Waals surface area contributed by atoms with Gasteiger partial charge in [0.15, 0.2) is 0 Å². The van der Waals surface area contributed by atoms with Gasteiger partial charge in [0.05, 0.1) is 17.9 Å². The van der Waals surface area contributed by atoms with E-state index in [1.165, 1.54) is 28.8 Å². The molecule has 6 heteroatoms. The van der Waals surface area contributed by atoms with Gasteiger partial charge in [0.1, 0.15) is 0 Å². The van der Waals surface area contributed by atoms with Gasteiger partial charge in [0.2, 0.25) is 5.91 Å². The van der Waals surface area contributed by atoms with E-state index in [0.717, 1.165) is 5.75 Å². The number of aromatic carboxylic acids is 1. The van der Waals surface area contributed by atoms with E-state index in [2.05, 4.69) is 0 Å². The smallest absolute Gasteiger partial charge is 0.335 e. The highest BCUT2D eigenvalue weighted by Crippen LogP contribution is 2.15. The van der Waals surface area contributed by atoms with Gasteiger partial charge >= 0.3 is 5.97 Å². The molecule has 5 nitrogen and oxygen atoms in total. The molecule has 0 aliphatic heterocycles. The van der Waals surface area contributed by atoms with E-state index in [1.807, 2.05) is 0 Å². The summed E-state index contributed by atoms with van der Waals surface area (Å²) >= 11 is 1.51. The predicted molar refractivity (Wildman–Crippen MR) is 76.0 cm³/mol. The molecule has 104 valence electrons. The fourth-order valence-electron chi connectivity index (χ4n) is 1.37. The second kappa shape index (κ2) is 7.81. The summed E-state index contributed by atoms with van der Waals surface area (Å²) in [5.74, 6) is 0.147. The summed E-state index contributed by atoms with van der Waals surface area (Å²) in [6.45, 7) is 0.620. The maximum absolute atomic E-state index is 11.9. The van der Waals surface area contributed by atoms with Crippen LogP contribution in [-0.2, 0) is 9.53 Å². The number of ether oxygens (including phenoxy) is 1. The Bertz CT molecular complexity index is 433. The number of methoxy groups -OCH3 is 1. The number of anilines is 1. The fourth-order valence-corrected chi connectivity index (χ4v) is 2.17. The van der Waals surface area contributed by atoms with Crippen LogP contribution in [0.2, 0.25) is 0 Å². The maximum atomic E-state index is 11.9. The molecule has 0 bridgehead atoms. The molecule has 1 aromatic carbocycles. The molecule has 0 atom stereocenters. The lowest BCUT2D eigenvalue weighted by molar-refractivity contribution is -0.115. The molecule has 1 aromatic rings. The van der Waals surface area contributed by atoms with E-state index in [9.17, 15) is 9.59 Å². The molecule has 0 spiro atoms. The molecule has 1 rings (SSSR count). The van der Waals surface area contributed by atoms with Gasteiger partial charge in [0.25, 0.3) is 0 Å². The van der Waals surface area contributed by atoms with Gasteiger partial charge in [0, 0.05) is 25.6 Å². The second-order valence-electron chi connectivity index (χ2n) is 3.85. The lowest BCUT2D eigenvalue weighted by atomic mass is 10.2. The Morgan fingerprint density at radius 2 is 1.95 bits per heavy atom. The Labute approximate surface area is 116 Å². The second-order valence-corrected chi connectivity index (χ2v) is 4.96. The van der Waals surface area contributed by atoms with Gasteiger partial charge in [-0.25, -0.2) is 4.79 Å². The quantitative estimate of drug-likeness (QED) is 0.772. The predicted octanol–water partition coefficient (Wildman–Crippen LogP) is 1.73. The van der Waals surface area contributed by atoms with Gasteiger partial charge < -0.3 is 14.7 Å². The minimum absolute atomic E-state index is 0.0239. The number of carbonyl (C=O) groups excluding carboxylic acids is 1. The molecule has 0 radical (unpaired) electrons. The van der Waals surface area contributed by atoms with Crippen molar-refractivity contribution < 1.29 is 19.4 Å². The van der Waals surface area contributed by atoms with Crippen molar-refractivity contribution in [1.82, 2.24) is 0 Å². The van der Waals surface area contributed by atoms with Crippen molar-refractivity contribution in [2.75, 3.05) is 37.2 Å². The minimum Gasteiger partial charge on any atom is -0.478 e. The monoisotopic (exact) mass is 283 g/mol. The Balaban J connectivity index is 2.54. The normalized spacial score (nSPS) is 10.2. The molecule has 0 unspecified atom stereocenters. The summed E-state index contributed by atoms with van der Waals surface area (Å²) in [6, 6.07) is 6.22. The van der Waals surface area contributed by atoms with Gasteiger partial charge in [-0.15, -0.1) is 11.8 Å². The summed E-state index contributed by atoms with van der Waals surface area (Å²) in [4.78, 5) is 24.1. The van der Waals surface area contributed by atoms with Crippen LogP contribution >= 0.6 is 11.8 Å². The molecule has 0 saturated carbocycles. The first-order chi connectivity index (χ1) is 9.06. The molecule has 1 N–H and O–H groups in total. The molecule has 0 aliphatic rings. The van der Waals surface area contributed by atoms with E-state index in [4.69, 9.17) is 9.84 Å². The van der Waals surface area contributed by atoms with E-state index in [1.54, 1.807) is 26.3 Å². The van der Waals surface area contributed by atoms with Crippen LogP contribution in [-0.4, -0.2) is 49.3 Å². The summed E-state index contributed by atoms with van der Waals surface area (Å²) in [5.41, 5.74) is 0.890. The molecule has 19 heavy (non-hydrogen) atoms. The third kappa shape index (κ3) is 4.92. The highest BCUT2D eigenvalue weighted by atomic mass is 32.2. The highest BCUT2D eigenvalue weighted by molar-refractivity contribution is 7.99. The first-order valence-electron chi connectivity index (χ1n) is 5.73. The Morgan fingerprint density at radius 3 is 2.47 bits per heavy atom. The van der Waals surface area contributed by atoms with Crippen LogP contribution in [0.5, 0.6) is 0 Å². The van der Waals surface area contributed by atoms with Crippen LogP contribution in [0.4, 0.5) is 5.69 Å². The average Bonchev–Trinajstić information content (AvgIpc) is 2.42. The topological polar surface area (TPSA) is 66.8 Å². The summed E-state index contributed by atoms with van der Waals surface area (Å²) in [5, 5.41) is 8.79. The number of carboxylic acids is 1. The van der Waals surface area contributed by atoms with Crippen LogP contribution in [0, 0.1) is 0 Å². The van der Waals surface area contributed by atoms with Crippen LogP contribution in [0.3, 0.4) is 0 Å². The molecular weight excluding hydrogens is 266 g/mol. The van der Waals surface area contributed by atoms with E-state index in [0.29, 0.717) is 18.0 Å². The first kappa shape index (κ1) is 15.5. The molecule has 0 aliphatic carbocycles. The van der Waals surface area contributed by atoms with Crippen molar-refractivity contribution >= 4 is 29.3 Å². The standard InChI is InChI=1S/C13H17NO4S/c1-14(12(15)9-19-8-7-18-2)11-5-3-10(4-6-11)13(16)17/h3-6H,7-9H2,1-2H3,(H,16,17). The third-order valence-electron chi connectivity index (χ3n) is 2.53. The largest absolute Gasteiger partial charge is 0.478 e. The van der Waals surface area contributed by atoms with Gasteiger partial charge in [-0.3, -0.25) is 4.79 Å². The number of thioether (sulfide) groups is 1. The lowest BCUT2D eigenvalue weighted by Gasteiger charge is -2.17. The molecule has 0 aromatic heterocycles. The number of benzene rings is 1. The Hall–Kier alpha value is -1.53. The zero-order valence-electron chi connectivity index (χ0n) is 11.0. The van der Waals surface area contributed by atoms with Gasteiger partial charge in [-0.1, -0.05) is 0 Å². The Morgan fingerprint density at radius 1 is 1.32 bits per heavy atom. The molecule has 1 amide bonds.